The molecular formula is C20H18N4O2. The van der Waals surface area contributed by atoms with Crippen molar-refractivity contribution in [1.29, 1.82) is 0 Å². The second kappa shape index (κ2) is 6.84. The summed E-state index contributed by atoms with van der Waals surface area (Å²) in [5, 5.41) is 0.514. The number of benzene rings is 2. The number of aryl methyl sites for hydroxylation is 1. The Bertz CT molecular complexity index is 1160. The lowest BCUT2D eigenvalue weighted by Crippen LogP contribution is -2.35. The van der Waals surface area contributed by atoms with Gasteiger partial charge in [0.25, 0.3) is 5.56 Å². The van der Waals surface area contributed by atoms with Crippen LogP contribution in [0, 0.1) is 0 Å². The highest BCUT2D eigenvalue weighted by atomic mass is 16.2. The molecule has 0 spiro atoms. The molecule has 6 nitrogen and oxygen atoms in total. The van der Waals surface area contributed by atoms with Gasteiger partial charge in [0.1, 0.15) is 5.82 Å². The number of hydrogen-bond donors (Lipinski definition) is 1. The molecule has 1 N–H and O–H groups in total. The van der Waals surface area contributed by atoms with E-state index in [2.05, 4.69) is 22.1 Å². The minimum atomic E-state index is -0.394. The number of aromatic nitrogens is 4. The molecule has 4 rings (SSSR count). The lowest BCUT2D eigenvalue weighted by atomic mass is 10.2. The summed E-state index contributed by atoms with van der Waals surface area (Å²) in [6.45, 7) is 0.990. The van der Waals surface area contributed by atoms with Gasteiger partial charge >= 0.3 is 5.69 Å². The topological polar surface area (TPSA) is 72.7 Å². The van der Waals surface area contributed by atoms with Crippen molar-refractivity contribution in [1.82, 2.24) is 19.1 Å². The van der Waals surface area contributed by atoms with Crippen molar-refractivity contribution in [3.8, 4) is 0 Å². The number of hydrogen-bond acceptors (Lipinski definition) is 3. The summed E-state index contributed by atoms with van der Waals surface area (Å²) in [4.78, 5) is 32.0. The molecule has 2 aromatic heterocycles. The molecule has 0 saturated carbocycles. The van der Waals surface area contributed by atoms with Gasteiger partial charge in [-0.1, -0.05) is 42.5 Å². The number of H-pyrrole nitrogens is 1. The molecule has 0 aliphatic heterocycles. The van der Waals surface area contributed by atoms with Crippen LogP contribution >= 0.6 is 0 Å². The molecule has 0 atom stereocenters. The molecule has 0 unspecified atom stereocenters. The van der Waals surface area contributed by atoms with Crippen molar-refractivity contribution in [3.05, 3.63) is 99.2 Å². The van der Waals surface area contributed by atoms with E-state index in [9.17, 15) is 9.59 Å². The van der Waals surface area contributed by atoms with Crippen molar-refractivity contribution < 1.29 is 0 Å². The van der Waals surface area contributed by atoms with Crippen LogP contribution in [-0.2, 0) is 19.5 Å². The molecule has 2 heterocycles. The molecule has 0 aliphatic rings. The highest BCUT2D eigenvalue weighted by molar-refractivity contribution is 5.76. The number of nitrogens with one attached hydrogen (secondary N) is 1. The Kier molecular flexibility index (Phi) is 4.23. The van der Waals surface area contributed by atoms with Crippen LogP contribution in [-0.4, -0.2) is 19.1 Å². The van der Waals surface area contributed by atoms with Gasteiger partial charge in [-0.15, -0.1) is 0 Å². The third-order valence-corrected chi connectivity index (χ3v) is 4.45. The van der Waals surface area contributed by atoms with Gasteiger partial charge in [0.15, 0.2) is 0 Å². The van der Waals surface area contributed by atoms with E-state index in [-0.39, 0.29) is 12.1 Å². The second-order valence-corrected chi connectivity index (χ2v) is 6.14. The smallest absolute Gasteiger partial charge is 0.328 e. The van der Waals surface area contributed by atoms with E-state index in [1.165, 1.54) is 10.1 Å². The third-order valence-electron chi connectivity index (χ3n) is 4.45. The highest BCUT2D eigenvalue weighted by Crippen LogP contribution is 2.07. The molecule has 4 aromatic rings. The Morgan fingerprint density at radius 2 is 1.73 bits per heavy atom. The van der Waals surface area contributed by atoms with Gasteiger partial charge in [-0.05, 0) is 17.7 Å². The third kappa shape index (κ3) is 3.09. The van der Waals surface area contributed by atoms with Crippen molar-refractivity contribution in [2.75, 3.05) is 0 Å². The standard InChI is InChI=1S/C20H18N4O2/c25-19-16-8-4-5-9-17(16)22-20(26)24(19)12-10-18-21-11-13-23(18)14-15-6-2-1-3-7-15/h1-9,11,13H,10,12,14H2,(H,22,26). The van der Waals surface area contributed by atoms with Crippen LogP contribution in [0.3, 0.4) is 0 Å². The monoisotopic (exact) mass is 346 g/mol. The number of para-hydroxylation sites is 1. The average Bonchev–Trinajstić information content (AvgIpc) is 3.09. The molecule has 26 heavy (non-hydrogen) atoms. The fourth-order valence-electron chi connectivity index (χ4n) is 3.11. The Balaban J connectivity index is 1.59. The normalized spacial score (nSPS) is 11.1. The number of fused-ring (bicyclic) bond motifs is 1. The molecule has 0 fully saturated rings. The predicted molar refractivity (Wildman–Crippen MR) is 100 cm³/mol. The molecule has 130 valence electrons. The van der Waals surface area contributed by atoms with E-state index < -0.39 is 5.69 Å². The lowest BCUT2D eigenvalue weighted by molar-refractivity contribution is 0.598. The lowest BCUT2D eigenvalue weighted by Gasteiger charge is -2.09. The summed E-state index contributed by atoms with van der Waals surface area (Å²) in [6.07, 6.45) is 4.16. The van der Waals surface area contributed by atoms with Crippen molar-refractivity contribution in [2.24, 2.45) is 0 Å². The summed E-state index contributed by atoms with van der Waals surface area (Å²) in [6, 6.07) is 17.1. The minimum Gasteiger partial charge on any atom is -0.330 e. The Labute approximate surface area is 149 Å². The van der Waals surface area contributed by atoms with Crippen LogP contribution in [0.2, 0.25) is 0 Å². The van der Waals surface area contributed by atoms with E-state index in [1.54, 1.807) is 30.5 Å². The van der Waals surface area contributed by atoms with E-state index in [1.807, 2.05) is 29.0 Å². The first kappa shape index (κ1) is 16.1. The first-order chi connectivity index (χ1) is 12.7. The average molecular weight is 346 g/mol. The number of rotatable bonds is 5. The van der Waals surface area contributed by atoms with Crippen LogP contribution in [0.25, 0.3) is 10.9 Å². The van der Waals surface area contributed by atoms with E-state index in [0.29, 0.717) is 23.9 Å². The zero-order valence-corrected chi connectivity index (χ0v) is 14.1. The van der Waals surface area contributed by atoms with Crippen LogP contribution in [0.15, 0.2) is 76.6 Å². The molecule has 0 aliphatic carbocycles. The summed E-state index contributed by atoms with van der Waals surface area (Å²) >= 11 is 0. The quantitative estimate of drug-likeness (QED) is 0.602. The molecule has 0 bridgehead atoms. The zero-order valence-electron chi connectivity index (χ0n) is 14.1. The SMILES string of the molecule is O=c1[nH]c2ccccc2c(=O)n1CCc1nccn1Cc1ccccc1. The first-order valence-corrected chi connectivity index (χ1v) is 8.48. The zero-order chi connectivity index (χ0) is 17.9. The van der Waals surface area contributed by atoms with E-state index >= 15 is 0 Å². The molecule has 2 aromatic carbocycles. The van der Waals surface area contributed by atoms with Crippen LogP contribution in [0.5, 0.6) is 0 Å². The Morgan fingerprint density at radius 3 is 2.58 bits per heavy atom. The van der Waals surface area contributed by atoms with Gasteiger partial charge in [-0.25, -0.2) is 9.78 Å². The van der Waals surface area contributed by atoms with Gasteiger partial charge in [-0.3, -0.25) is 9.36 Å². The van der Waals surface area contributed by atoms with Crippen LogP contribution in [0.1, 0.15) is 11.4 Å². The minimum absolute atomic E-state index is 0.273. The summed E-state index contributed by atoms with van der Waals surface area (Å²) in [5.74, 6) is 0.841. The number of nitrogens with zero attached hydrogens (tertiary/aromatic N) is 3. The number of imidazole rings is 1. The van der Waals surface area contributed by atoms with Gasteiger partial charge in [-0.2, -0.15) is 0 Å². The highest BCUT2D eigenvalue weighted by Gasteiger charge is 2.09. The van der Waals surface area contributed by atoms with Gasteiger partial charge in [0.05, 0.1) is 10.9 Å². The van der Waals surface area contributed by atoms with E-state index in [0.717, 1.165) is 5.82 Å². The van der Waals surface area contributed by atoms with Crippen molar-refractivity contribution in [2.45, 2.75) is 19.5 Å². The maximum absolute atomic E-state index is 12.6. The van der Waals surface area contributed by atoms with Crippen LogP contribution in [0.4, 0.5) is 0 Å². The van der Waals surface area contributed by atoms with Crippen molar-refractivity contribution >= 4 is 10.9 Å². The van der Waals surface area contributed by atoms with Gasteiger partial charge < -0.3 is 9.55 Å². The molecule has 0 saturated heterocycles. The molecule has 0 amide bonds. The molecule has 0 radical (unpaired) electrons. The van der Waals surface area contributed by atoms with Gasteiger partial charge in [0.2, 0.25) is 0 Å². The summed E-state index contributed by atoms with van der Waals surface area (Å²) in [7, 11) is 0. The fourth-order valence-corrected chi connectivity index (χ4v) is 3.11. The Hall–Kier alpha value is -3.41. The largest absolute Gasteiger partial charge is 0.330 e. The van der Waals surface area contributed by atoms with Crippen LogP contribution < -0.4 is 11.2 Å². The molecule has 6 heteroatoms. The maximum Gasteiger partial charge on any atom is 0.328 e. The summed E-state index contributed by atoms with van der Waals surface area (Å²) < 4.78 is 3.28. The number of aromatic amines is 1. The Morgan fingerprint density at radius 1 is 0.962 bits per heavy atom. The second-order valence-electron chi connectivity index (χ2n) is 6.14. The van der Waals surface area contributed by atoms with Crippen molar-refractivity contribution in [3.63, 3.8) is 0 Å². The van der Waals surface area contributed by atoms with E-state index in [4.69, 9.17) is 0 Å². The van der Waals surface area contributed by atoms with Gasteiger partial charge in [0, 0.05) is 31.9 Å². The predicted octanol–water partition coefficient (Wildman–Crippen LogP) is 2.18. The molecular weight excluding hydrogens is 328 g/mol. The maximum atomic E-state index is 12.6. The summed E-state index contributed by atoms with van der Waals surface area (Å²) in [5.41, 5.74) is 1.07. The first-order valence-electron chi connectivity index (χ1n) is 8.48. The fraction of sp³-hybridized carbons (Fsp3) is 0.150.